The molecule has 4 nitrogen and oxygen atoms in total. The first kappa shape index (κ1) is 13.4. The fourth-order valence-electron chi connectivity index (χ4n) is 1.47. The highest BCUT2D eigenvalue weighted by molar-refractivity contribution is 5.78. The molecule has 0 aromatic heterocycles. The van der Waals surface area contributed by atoms with Gasteiger partial charge in [0, 0.05) is 25.3 Å². The standard InChI is InChI=1S/C13H22N4/c1-11(2)16-13(14)15-9-10-17(3)12-7-5-4-6-8-12/h4-8,11H,9-10H2,1-3H3,(H3,14,15,16). The van der Waals surface area contributed by atoms with E-state index in [1.807, 2.05) is 32.0 Å². The Morgan fingerprint density at radius 3 is 2.59 bits per heavy atom. The van der Waals surface area contributed by atoms with Crippen LogP contribution in [0, 0.1) is 0 Å². The van der Waals surface area contributed by atoms with Gasteiger partial charge in [-0.3, -0.25) is 4.99 Å². The zero-order valence-electron chi connectivity index (χ0n) is 10.9. The van der Waals surface area contributed by atoms with Gasteiger partial charge < -0.3 is 16.0 Å². The summed E-state index contributed by atoms with van der Waals surface area (Å²) >= 11 is 0. The number of aliphatic imine (C=N–C) groups is 1. The topological polar surface area (TPSA) is 53.6 Å². The number of hydrogen-bond donors (Lipinski definition) is 2. The molecular weight excluding hydrogens is 212 g/mol. The Hall–Kier alpha value is -1.71. The third kappa shape index (κ3) is 5.24. The molecule has 0 saturated heterocycles. The second kappa shape index (κ2) is 6.78. The van der Waals surface area contributed by atoms with E-state index < -0.39 is 0 Å². The van der Waals surface area contributed by atoms with Gasteiger partial charge in [-0.1, -0.05) is 18.2 Å². The molecule has 0 fully saturated rings. The number of likely N-dealkylation sites (N-methyl/N-ethyl adjacent to an activating group) is 1. The molecule has 0 spiro atoms. The lowest BCUT2D eigenvalue weighted by Gasteiger charge is -2.18. The maximum atomic E-state index is 5.72. The fraction of sp³-hybridized carbons (Fsp3) is 0.462. The van der Waals surface area contributed by atoms with Gasteiger partial charge in [-0.2, -0.15) is 0 Å². The van der Waals surface area contributed by atoms with E-state index in [-0.39, 0.29) is 0 Å². The lowest BCUT2D eigenvalue weighted by atomic mass is 10.3. The van der Waals surface area contributed by atoms with E-state index in [0.717, 1.165) is 6.54 Å². The van der Waals surface area contributed by atoms with Crippen LogP contribution in [0.5, 0.6) is 0 Å². The monoisotopic (exact) mass is 234 g/mol. The number of hydrogen-bond acceptors (Lipinski definition) is 2. The zero-order chi connectivity index (χ0) is 12.7. The van der Waals surface area contributed by atoms with E-state index in [4.69, 9.17) is 5.73 Å². The molecule has 1 aromatic rings. The van der Waals surface area contributed by atoms with Gasteiger partial charge in [0.25, 0.3) is 0 Å². The molecule has 0 aliphatic carbocycles. The molecule has 3 N–H and O–H groups in total. The third-order valence-corrected chi connectivity index (χ3v) is 2.35. The molecule has 17 heavy (non-hydrogen) atoms. The molecule has 0 atom stereocenters. The predicted molar refractivity (Wildman–Crippen MR) is 74.5 cm³/mol. The zero-order valence-corrected chi connectivity index (χ0v) is 10.9. The second-order valence-electron chi connectivity index (χ2n) is 4.32. The highest BCUT2D eigenvalue weighted by Gasteiger charge is 1.99. The molecule has 0 saturated carbocycles. The summed E-state index contributed by atoms with van der Waals surface area (Å²) in [5.74, 6) is 0.515. The normalized spacial score (nSPS) is 11.6. The van der Waals surface area contributed by atoms with Crippen molar-refractivity contribution in [2.45, 2.75) is 19.9 Å². The van der Waals surface area contributed by atoms with Crippen molar-refractivity contribution in [1.82, 2.24) is 5.32 Å². The molecule has 1 rings (SSSR count). The molecule has 0 radical (unpaired) electrons. The van der Waals surface area contributed by atoms with E-state index in [9.17, 15) is 0 Å². The molecule has 0 aliphatic heterocycles. The van der Waals surface area contributed by atoms with Crippen molar-refractivity contribution in [3.8, 4) is 0 Å². The Kier molecular flexibility index (Phi) is 5.33. The van der Waals surface area contributed by atoms with Gasteiger partial charge in [-0.05, 0) is 26.0 Å². The van der Waals surface area contributed by atoms with Crippen LogP contribution in [0.25, 0.3) is 0 Å². The van der Waals surface area contributed by atoms with Gasteiger partial charge in [0.1, 0.15) is 0 Å². The highest BCUT2D eigenvalue weighted by Crippen LogP contribution is 2.09. The summed E-state index contributed by atoms with van der Waals surface area (Å²) in [6, 6.07) is 10.6. The van der Waals surface area contributed by atoms with Crippen LogP contribution in [0.3, 0.4) is 0 Å². The smallest absolute Gasteiger partial charge is 0.188 e. The van der Waals surface area contributed by atoms with Crippen LogP contribution in [-0.4, -0.2) is 32.1 Å². The van der Waals surface area contributed by atoms with Gasteiger partial charge in [-0.15, -0.1) is 0 Å². The molecule has 94 valence electrons. The lowest BCUT2D eigenvalue weighted by Crippen LogP contribution is -2.37. The highest BCUT2D eigenvalue weighted by atomic mass is 15.1. The van der Waals surface area contributed by atoms with Crippen molar-refractivity contribution in [3.05, 3.63) is 30.3 Å². The van der Waals surface area contributed by atoms with Crippen LogP contribution >= 0.6 is 0 Å². The Bertz CT molecular complexity index is 346. The minimum absolute atomic E-state index is 0.325. The summed E-state index contributed by atoms with van der Waals surface area (Å²) in [5, 5.41) is 3.07. The Morgan fingerprint density at radius 1 is 1.35 bits per heavy atom. The molecular formula is C13H22N4. The Balaban J connectivity index is 2.36. The van der Waals surface area contributed by atoms with Crippen molar-refractivity contribution < 1.29 is 0 Å². The maximum Gasteiger partial charge on any atom is 0.188 e. The average Bonchev–Trinajstić information content (AvgIpc) is 2.29. The summed E-state index contributed by atoms with van der Waals surface area (Å²) in [5.41, 5.74) is 6.91. The number of benzene rings is 1. The van der Waals surface area contributed by atoms with E-state index in [0.29, 0.717) is 18.5 Å². The number of nitrogens with zero attached hydrogens (tertiary/aromatic N) is 2. The Morgan fingerprint density at radius 2 is 2.00 bits per heavy atom. The van der Waals surface area contributed by atoms with Crippen molar-refractivity contribution in [2.24, 2.45) is 10.7 Å². The van der Waals surface area contributed by atoms with Crippen LogP contribution in [0.15, 0.2) is 35.3 Å². The molecule has 1 aromatic carbocycles. The minimum atomic E-state index is 0.325. The van der Waals surface area contributed by atoms with E-state index in [2.05, 4.69) is 34.4 Å². The van der Waals surface area contributed by atoms with E-state index in [1.165, 1.54) is 5.69 Å². The second-order valence-corrected chi connectivity index (χ2v) is 4.32. The summed E-state index contributed by atoms with van der Waals surface area (Å²) in [7, 11) is 2.05. The third-order valence-electron chi connectivity index (χ3n) is 2.35. The number of nitrogens with two attached hydrogens (primary N) is 1. The van der Waals surface area contributed by atoms with E-state index >= 15 is 0 Å². The number of guanidine groups is 1. The summed E-state index contributed by atoms with van der Waals surface area (Å²) in [6.45, 7) is 5.62. The maximum absolute atomic E-state index is 5.72. The van der Waals surface area contributed by atoms with Gasteiger partial charge in [0.2, 0.25) is 0 Å². The van der Waals surface area contributed by atoms with Crippen molar-refractivity contribution in [3.63, 3.8) is 0 Å². The van der Waals surface area contributed by atoms with Crippen LogP contribution in [0.1, 0.15) is 13.8 Å². The lowest BCUT2D eigenvalue weighted by molar-refractivity contribution is 0.722. The molecule has 0 unspecified atom stereocenters. The van der Waals surface area contributed by atoms with Crippen LogP contribution in [0.2, 0.25) is 0 Å². The van der Waals surface area contributed by atoms with Crippen molar-refractivity contribution >= 4 is 11.6 Å². The largest absolute Gasteiger partial charge is 0.373 e. The van der Waals surface area contributed by atoms with Gasteiger partial charge in [-0.25, -0.2) is 0 Å². The summed E-state index contributed by atoms with van der Waals surface area (Å²) in [4.78, 5) is 6.43. The van der Waals surface area contributed by atoms with Gasteiger partial charge in [0.05, 0.1) is 6.54 Å². The van der Waals surface area contributed by atoms with Crippen molar-refractivity contribution in [2.75, 3.05) is 25.0 Å². The van der Waals surface area contributed by atoms with Crippen molar-refractivity contribution in [1.29, 1.82) is 0 Å². The number of anilines is 1. The quantitative estimate of drug-likeness (QED) is 0.598. The number of nitrogens with one attached hydrogen (secondary N) is 1. The molecule has 0 bridgehead atoms. The molecule has 4 heteroatoms. The number of rotatable bonds is 5. The molecule has 0 aliphatic rings. The average molecular weight is 234 g/mol. The predicted octanol–water partition coefficient (Wildman–Crippen LogP) is 1.44. The van der Waals surface area contributed by atoms with Crippen LogP contribution < -0.4 is 16.0 Å². The first-order valence-electron chi connectivity index (χ1n) is 5.92. The van der Waals surface area contributed by atoms with Crippen LogP contribution in [0.4, 0.5) is 5.69 Å². The SMILES string of the molecule is CC(C)NC(N)=NCCN(C)c1ccccc1. The van der Waals surface area contributed by atoms with Crippen LogP contribution in [-0.2, 0) is 0 Å². The first-order valence-corrected chi connectivity index (χ1v) is 5.92. The Labute approximate surface area is 104 Å². The first-order chi connectivity index (χ1) is 8.09. The summed E-state index contributed by atoms with van der Waals surface area (Å²) in [6.07, 6.45) is 0. The van der Waals surface area contributed by atoms with Gasteiger partial charge >= 0.3 is 0 Å². The number of para-hydroxylation sites is 1. The molecule has 0 heterocycles. The summed E-state index contributed by atoms with van der Waals surface area (Å²) < 4.78 is 0. The fourth-order valence-corrected chi connectivity index (χ4v) is 1.47. The van der Waals surface area contributed by atoms with Gasteiger partial charge in [0.15, 0.2) is 5.96 Å². The van der Waals surface area contributed by atoms with E-state index in [1.54, 1.807) is 0 Å². The minimum Gasteiger partial charge on any atom is -0.373 e. The molecule has 0 amide bonds.